The summed E-state index contributed by atoms with van der Waals surface area (Å²) >= 11 is 23.2. The van der Waals surface area contributed by atoms with Crippen LogP contribution in [0.2, 0.25) is 20.1 Å². The van der Waals surface area contributed by atoms with Crippen LogP contribution in [0.15, 0.2) is 0 Å². The first kappa shape index (κ1) is 16.4. The minimum absolute atomic E-state index is 0.200. The lowest BCUT2D eigenvalue weighted by Crippen LogP contribution is -2.17. The average molecular weight is 346 g/mol. The van der Waals surface area contributed by atoms with Gasteiger partial charge in [-0.2, -0.15) is 0 Å². The van der Waals surface area contributed by atoms with Gasteiger partial charge in [-0.25, -0.2) is 9.59 Å². The smallest absolute Gasteiger partial charge is 0.340 e. The summed E-state index contributed by atoms with van der Waals surface area (Å²) in [4.78, 5) is 23.1. The molecule has 4 nitrogen and oxygen atoms in total. The molecule has 1 rings (SSSR count). The molecule has 0 spiro atoms. The van der Waals surface area contributed by atoms with Crippen molar-refractivity contribution in [3.05, 3.63) is 31.2 Å². The van der Waals surface area contributed by atoms with Crippen molar-refractivity contribution in [3.63, 3.8) is 0 Å². The summed E-state index contributed by atoms with van der Waals surface area (Å²) in [6.45, 7) is 3.21. The highest BCUT2D eigenvalue weighted by Crippen LogP contribution is 2.41. The van der Waals surface area contributed by atoms with Crippen molar-refractivity contribution in [2.75, 3.05) is 0 Å². The highest BCUT2D eigenvalue weighted by atomic mass is 35.5. The van der Waals surface area contributed by atoms with Crippen molar-refractivity contribution in [2.45, 2.75) is 20.0 Å². The highest BCUT2D eigenvalue weighted by Gasteiger charge is 2.30. The molecule has 0 atom stereocenters. The Bertz CT molecular complexity index is 554. The van der Waals surface area contributed by atoms with Crippen LogP contribution in [0.4, 0.5) is 0 Å². The molecule has 1 N–H and O–H groups in total. The fourth-order valence-electron chi connectivity index (χ4n) is 1.30. The quantitative estimate of drug-likeness (QED) is 0.495. The maximum atomic E-state index is 11.9. The van der Waals surface area contributed by atoms with E-state index in [1.807, 2.05) is 0 Å². The number of hydrogen-bond donors (Lipinski definition) is 1. The first-order valence-corrected chi connectivity index (χ1v) is 6.49. The maximum absolute atomic E-state index is 11.9. The number of halogens is 4. The first-order chi connectivity index (χ1) is 8.68. The predicted octanol–water partition coefficient (Wildman–Crippen LogP) is 4.56. The van der Waals surface area contributed by atoms with E-state index in [4.69, 9.17) is 56.2 Å². The Labute approximate surface area is 129 Å². The molecule has 8 heteroatoms. The van der Waals surface area contributed by atoms with E-state index in [1.54, 1.807) is 13.8 Å². The van der Waals surface area contributed by atoms with Gasteiger partial charge in [-0.05, 0) is 13.8 Å². The molecule has 0 bridgehead atoms. The third-order valence-corrected chi connectivity index (χ3v) is 3.83. The van der Waals surface area contributed by atoms with Gasteiger partial charge < -0.3 is 9.84 Å². The third kappa shape index (κ3) is 3.26. The van der Waals surface area contributed by atoms with Crippen LogP contribution in [0, 0.1) is 0 Å². The van der Waals surface area contributed by atoms with Crippen molar-refractivity contribution < 1.29 is 19.4 Å². The van der Waals surface area contributed by atoms with Gasteiger partial charge in [-0.3, -0.25) is 0 Å². The summed E-state index contributed by atoms with van der Waals surface area (Å²) in [5.74, 6) is -2.39. The monoisotopic (exact) mass is 344 g/mol. The molecular formula is C11H8Cl4O4. The van der Waals surface area contributed by atoms with Crippen LogP contribution in [0.5, 0.6) is 0 Å². The summed E-state index contributed by atoms with van der Waals surface area (Å²) in [7, 11) is 0. The number of carbonyl (C=O) groups is 2. The van der Waals surface area contributed by atoms with Crippen LogP contribution in [-0.2, 0) is 4.74 Å². The van der Waals surface area contributed by atoms with E-state index in [2.05, 4.69) is 0 Å². The standard InChI is InChI=1S/C11H8Cl4O4/c1-3(2)19-11(18)5-4(10(16)17)6(12)8(14)9(15)7(5)13/h3H,1-2H3,(H,16,17). The zero-order chi connectivity index (χ0) is 14.9. The van der Waals surface area contributed by atoms with Gasteiger partial charge in [0.2, 0.25) is 0 Å². The van der Waals surface area contributed by atoms with Gasteiger partial charge >= 0.3 is 11.9 Å². The number of carbonyl (C=O) groups excluding carboxylic acids is 1. The molecule has 1 aromatic rings. The van der Waals surface area contributed by atoms with E-state index in [-0.39, 0.29) is 20.1 Å². The summed E-state index contributed by atoms with van der Waals surface area (Å²) < 4.78 is 4.91. The predicted molar refractivity (Wildman–Crippen MR) is 74.0 cm³/mol. The fourth-order valence-corrected chi connectivity index (χ4v) is 2.31. The van der Waals surface area contributed by atoms with Crippen molar-refractivity contribution >= 4 is 58.3 Å². The molecule has 0 heterocycles. The van der Waals surface area contributed by atoms with Crippen LogP contribution in [-0.4, -0.2) is 23.1 Å². The van der Waals surface area contributed by atoms with Crippen LogP contribution in [0.1, 0.15) is 34.6 Å². The second kappa shape index (κ2) is 6.18. The van der Waals surface area contributed by atoms with Crippen LogP contribution < -0.4 is 0 Å². The topological polar surface area (TPSA) is 63.6 Å². The largest absolute Gasteiger partial charge is 0.478 e. The van der Waals surface area contributed by atoms with Gasteiger partial charge in [0.05, 0.1) is 37.3 Å². The molecule has 0 aliphatic rings. The Morgan fingerprint density at radius 2 is 1.37 bits per heavy atom. The second-order valence-corrected chi connectivity index (χ2v) is 5.28. The van der Waals surface area contributed by atoms with Crippen molar-refractivity contribution in [1.82, 2.24) is 0 Å². The molecule has 1 aromatic carbocycles. The van der Waals surface area contributed by atoms with Crippen LogP contribution in [0.25, 0.3) is 0 Å². The number of hydrogen-bond acceptors (Lipinski definition) is 3. The van der Waals surface area contributed by atoms with Crippen molar-refractivity contribution in [3.8, 4) is 0 Å². The second-order valence-electron chi connectivity index (χ2n) is 3.77. The third-order valence-electron chi connectivity index (χ3n) is 2.03. The van der Waals surface area contributed by atoms with Crippen LogP contribution >= 0.6 is 46.4 Å². The molecule has 0 fully saturated rings. The minimum Gasteiger partial charge on any atom is -0.478 e. The van der Waals surface area contributed by atoms with Crippen LogP contribution in [0.3, 0.4) is 0 Å². The number of rotatable bonds is 3. The number of ether oxygens (including phenoxy) is 1. The zero-order valence-electron chi connectivity index (χ0n) is 9.76. The molecule has 0 saturated carbocycles. The molecule has 0 radical (unpaired) electrons. The summed E-state index contributed by atoms with van der Waals surface area (Å²) in [6, 6.07) is 0. The molecule has 0 saturated heterocycles. The molecule has 0 aromatic heterocycles. The SMILES string of the molecule is CC(C)OC(=O)c1c(Cl)c(Cl)c(Cl)c(Cl)c1C(=O)O. The molecule has 0 aliphatic heterocycles. The van der Waals surface area contributed by atoms with Crippen molar-refractivity contribution in [1.29, 1.82) is 0 Å². The lowest BCUT2D eigenvalue weighted by Gasteiger charge is -2.14. The first-order valence-electron chi connectivity index (χ1n) is 4.98. The Kier molecular flexibility index (Phi) is 5.33. The summed E-state index contributed by atoms with van der Waals surface area (Å²) in [6.07, 6.45) is -0.460. The fraction of sp³-hybridized carbons (Fsp3) is 0.273. The van der Waals surface area contributed by atoms with E-state index < -0.39 is 29.2 Å². The number of carboxylic acid groups (broad SMARTS) is 1. The molecule has 19 heavy (non-hydrogen) atoms. The van der Waals surface area contributed by atoms with E-state index >= 15 is 0 Å². The Hall–Kier alpha value is -0.680. The van der Waals surface area contributed by atoms with E-state index in [9.17, 15) is 9.59 Å². The van der Waals surface area contributed by atoms with Gasteiger partial charge in [-0.1, -0.05) is 46.4 Å². The summed E-state index contributed by atoms with van der Waals surface area (Å²) in [5, 5.41) is 8.02. The lowest BCUT2D eigenvalue weighted by molar-refractivity contribution is 0.0371. The Morgan fingerprint density at radius 1 is 0.947 bits per heavy atom. The number of carboxylic acids is 1. The van der Waals surface area contributed by atoms with Crippen molar-refractivity contribution in [2.24, 2.45) is 0 Å². The van der Waals surface area contributed by atoms with Gasteiger partial charge in [0.1, 0.15) is 0 Å². The lowest BCUT2D eigenvalue weighted by atomic mass is 10.1. The molecule has 0 aliphatic carbocycles. The van der Waals surface area contributed by atoms with Gasteiger partial charge in [0.25, 0.3) is 0 Å². The normalized spacial score (nSPS) is 10.7. The highest BCUT2D eigenvalue weighted by molar-refractivity contribution is 6.54. The number of aromatic carboxylic acids is 1. The average Bonchev–Trinajstić information content (AvgIpc) is 2.29. The van der Waals surface area contributed by atoms with E-state index in [0.717, 1.165) is 0 Å². The number of benzene rings is 1. The Morgan fingerprint density at radius 3 is 1.74 bits per heavy atom. The Balaban J connectivity index is 3.61. The molecular weight excluding hydrogens is 338 g/mol. The number of esters is 1. The molecule has 104 valence electrons. The molecule has 0 amide bonds. The van der Waals surface area contributed by atoms with E-state index in [1.165, 1.54) is 0 Å². The van der Waals surface area contributed by atoms with Gasteiger partial charge in [0.15, 0.2) is 0 Å². The van der Waals surface area contributed by atoms with E-state index in [0.29, 0.717) is 0 Å². The molecule has 0 unspecified atom stereocenters. The summed E-state index contributed by atoms with van der Waals surface area (Å²) in [5.41, 5.74) is -0.950. The minimum atomic E-state index is -1.46. The maximum Gasteiger partial charge on any atom is 0.340 e. The zero-order valence-corrected chi connectivity index (χ0v) is 12.8. The van der Waals surface area contributed by atoms with Gasteiger partial charge in [-0.15, -0.1) is 0 Å². The van der Waals surface area contributed by atoms with Gasteiger partial charge in [0, 0.05) is 0 Å².